The quantitative estimate of drug-likeness (QED) is 0.634. The molecular weight excluding hydrogens is 322 g/mol. The van der Waals surface area contributed by atoms with E-state index < -0.39 is 6.04 Å². The van der Waals surface area contributed by atoms with E-state index in [-0.39, 0.29) is 12.1 Å². The summed E-state index contributed by atoms with van der Waals surface area (Å²) in [6.07, 6.45) is 1.52. The molecule has 0 radical (unpaired) electrons. The third-order valence-corrected chi connectivity index (χ3v) is 4.86. The van der Waals surface area contributed by atoms with Gasteiger partial charge in [-0.2, -0.15) is 4.58 Å². The molecule has 0 amide bonds. The van der Waals surface area contributed by atoms with Crippen LogP contribution in [0.5, 0.6) is 0 Å². The van der Waals surface area contributed by atoms with Crippen molar-refractivity contribution in [2.45, 2.75) is 12.1 Å². The Morgan fingerprint density at radius 2 is 2.23 bits per heavy atom. The number of ether oxygens (including phenoxy) is 2. The molecule has 4 nitrogen and oxygen atoms in total. The minimum absolute atomic E-state index is 0.0744. The van der Waals surface area contributed by atoms with Gasteiger partial charge in [0, 0.05) is 5.56 Å². The summed E-state index contributed by atoms with van der Waals surface area (Å²) in [6.45, 7) is 0.575. The molecule has 2 aromatic rings. The van der Waals surface area contributed by atoms with Gasteiger partial charge < -0.3 is 9.47 Å². The fraction of sp³-hybridized carbons (Fsp3) is 0.250. The molecule has 1 aliphatic heterocycles. The van der Waals surface area contributed by atoms with Crippen molar-refractivity contribution in [3.8, 4) is 0 Å². The molecule has 2 atom stereocenters. The first-order valence-corrected chi connectivity index (χ1v) is 8.06. The summed E-state index contributed by atoms with van der Waals surface area (Å²) >= 11 is 7.88. The van der Waals surface area contributed by atoms with Crippen LogP contribution in [0.15, 0.2) is 41.8 Å². The average Bonchev–Trinajstić information content (AvgIpc) is 3.20. The molecule has 3 rings (SSSR count). The highest BCUT2D eigenvalue weighted by Gasteiger charge is 2.40. The fourth-order valence-corrected chi connectivity index (χ4v) is 3.47. The molecule has 0 saturated heterocycles. The van der Waals surface area contributed by atoms with E-state index in [1.165, 1.54) is 7.11 Å². The first kappa shape index (κ1) is 15.1. The summed E-state index contributed by atoms with van der Waals surface area (Å²) in [5, 5.41) is 2.54. The topological polar surface area (TPSA) is 38.5 Å². The van der Waals surface area contributed by atoms with Gasteiger partial charge in [-0.3, -0.25) is 0 Å². The van der Waals surface area contributed by atoms with Crippen molar-refractivity contribution >= 4 is 35.3 Å². The van der Waals surface area contributed by atoms with E-state index in [0.717, 1.165) is 4.88 Å². The summed E-state index contributed by atoms with van der Waals surface area (Å²) in [5.74, 6) is -0.361. The SMILES string of the molecule is COC(=O)C(c1ccccc1Cl)[N+]1=COC(c2cccs2)C1. The number of esters is 1. The second kappa shape index (κ2) is 6.50. The van der Waals surface area contributed by atoms with E-state index in [4.69, 9.17) is 21.1 Å². The lowest BCUT2D eigenvalue weighted by Gasteiger charge is -2.13. The number of carbonyl (C=O) groups is 1. The lowest BCUT2D eigenvalue weighted by molar-refractivity contribution is -0.551. The molecule has 0 aliphatic carbocycles. The van der Waals surface area contributed by atoms with Crippen LogP contribution in [0.2, 0.25) is 5.02 Å². The fourth-order valence-electron chi connectivity index (χ4n) is 2.48. The molecule has 2 unspecified atom stereocenters. The van der Waals surface area contributed by atoms with Crippen LogP contribution in [0.1, 0.15) is 22.6 Å². The summed E-state index contributed by atoms with van der Waals surface area (Å²) in [4.78, 5) is 13.4. The molecule has 22 heavy (non-hydrogen) atoms. The number of carbonyl (C=O) groups excluding carboxylic acids is 1. The lowest BCUT2D eigenvalue weighted by atomic mass is 10.1. The number of methoxy groups -OCH3 is 1. The van der Waals surface area contributed by atoms with Crippen LogP contribution in [-0.4, -0.2) is 30.6 Å². The summed E-state index contributed by atoms with van der Waals surface area (Å²) in [5.41, 5.74) is 0.711. The largest absolute Gasteiger partial charge is 0.464 e. The van der Waals surface area contributed by atoms with Gasteiger partial charge in [0.25, 0.3) is 6.04 Å². The first-order chi connectivity index (χ1) is 10.7. The Bertz CT molecular complexity index is 699. The van der Waals surface area contributed by atoms with Crippen molar-refractivity contribution < 1.29 is 18.8 Å². The Morgan fingerprint density at radius 1 is 1.41 bits per heavy atom. The molecule has 114 valence electrons. The Morgan fingerprint density at radius 3 is 2.91 bits per heavy atom. The number of halogens is 1. The first-order valence-electron chi connectivity index (χ1n) is 6.81. The lowest BCUT2D eigenvalue weighted by Crippen LogP contribution is -2.27. The van der Waals surface area contributed by atoms with E-state index in [1.54, 1.807) is 23.8 Å². The predicted octanol–water partition coefficient (Wildman–Crippen LogP) is 3.43. The highest BCUT2D eigenvalue weighted by atomic mass is 35.5. The molecule has 1 aliphatic rings. The average molecular weight is 337 g/mol. The number of hydrogen-bond donors (Lipinski definition) is 0. The highest BCUT2D eigenvalue weighted by Crippen LogP contribution is 2.31. The third-order valence-electron chi connectivity index (χ3n) is 3.55. The zero-order chi connectivity index (χ0) is 15.5. The van der Waals surface area contributed by atoms with Crippen LogP contribution in [-0.2, 0) is 14.3 Å². The van der Waals surface area contributed by atoms with Crippen molar-refractivity contribution in [3.63, 3.8) is 0 Å². The van der Waals surface area contributed by atoms with Crippen LogP contribution >= 0.6 is 22.9 Å². The van der Waals surface area contributed by atoms with Gasteiger partial charge in [-0.25, -0.2) is 4.79 Å². The van der Waals surface area contributed by atoms with Gasteiger partial charge in [0.15, 0.2) is 12.6 Å². The second-order valence-corrected chi connectivity index (χ2v) is 6.28. The van der Waals surface area contributed by atoms with Gasteiger partial charge in [0.05, 0.1) is 17.0 Å². The normalized spacial score (nSPS) is 18.5. The molecule has 0 spiro atoms. The van der Waals surface area contributed by atoms with Crippen molar-refractivity contribution in [3.05, 3.63) is 57.2 Å². The van der Waals surface area contributed by atoms with Gasteiger partial charge in [-0.15, -0.1) is 11.3 Å². The monoisotopic (exact) mass is 336 g/mol. The molecule has 6 heteroatoms. The molecular formula is C16H15ClNO3S+. The highest BCUT2D eigenvalue weighted by molar-refractivity contribution is 7.10. The summed E-state index contributed by atoms with van der Waals surface area (Å²) in [6, 6.07) is 10.7. The Labute approximate surface area is 137 Å². The minimum Gasteiger partial charge on any atom is -0.464 e. The molecule has 0 fully saturated rings. The van der Waals surface area contributed by atoms with Gasteiger partial charge in [0.1, 0.15) is 0 Å². The maximum Gasteiger partial charge on any atom is 0.380 e. The smallest absolute Gasteiger partial charge is 0.380 e. The van der Waals surface area contributed by atoms with Crippen molar-refractivity contribution in [1.82, 2.24) is 0 Å². The van der Waals surface area contributed by atoms with Gasteiger partial charge in [0.2, 0.25) is 0 Å². The van der Waals surface area contributed by atoms with Crippen LogP contribution in [0.3, 0.4) is 0 Å². The van der Waals surface area contributed by atoms with Crippen LogP contribution in [0.25, 0.3) is 0 Å². The Kier molecular flexibility index (Phi) is 4.45. The summed E-state index contributed by atoms with van der Waals surface area (Å²) < 4.78 is 12.5. The van der Waals surface area contributed by atoms with E-state index in [9.17, 15) is 4.79 Å². The van der Waals surface area contributed by atoms with E-state index in [0.29, 0.717) is 17.1 Å². The van der Waals surface area contributed by atoms with Crippen LogP contribution in [0, 0.1) is 0 Å². The van der Waals surface area contributed by atoms with Crippen LogP contribution < -0.4 is 0 Å². The predicted molar refractivity (Wildman–Crippen MR) is 85.5 cm³/mol. The van der Waals surface area contributed by atoms with Crippen LogP contribution in [0.4, 0.5) is 0 Å². The zero-order valence-corrected chi connectivity index (χ0v) is 13.5. The second-order valence-electron chi connectivity index (χ2n) is 4.89. The standard InChI is InChI=1S/C16H15ClNO3S/c1-20-16(19)15(11-5-2-3-6-12(11)17)18-9-13(21-10-18)14-7-4-8-22-14/h2-8,10,13,15H,9H2,1H3/q+1. The third kappa shape index (κ3) is 2.87. The van der Waals surface area contributed by atoms with Gasteiger partial charge >= 0.3 is 12.4 Å². The molecule has 0 N–H and O–H groups in total. The van der Waals surface area contributed by atoms with Crippen molar-refractivity contribution in [1.29, 1.82) is 0 Å². The molecule has 2 heterocycles. The number of hydrogen-bond acceptors (Lipinski definition) is 4. The molecule has 1 aromatic carbocycles. The number of nitrogens with zero attached hydrogens (tertiary/aromatic N) is 1. The number of benzene rings is 1. The maximum absolute atomic E-state index is 12.2. The number of rotatable bonds is 4. The molecule has 0 bridgehead atoms. The number of thiophene rings is 1. The van der Waals surface area contributed by atoms with E-state index in [2.05, 4.69) is 0 Å². The summed E-state index contributed by atoms with van der Waals surface area (Å²) in [7, 11) is 1.37. The molecule has 1 aromatic heterocycles. The minimum atomic E-state index is -0.608. The maximum atomic E-state index is 12.2. The Balaban J connectivity index is 1.88. The van der Waals surface area contributed by atoms with Gasteiger partial charge in [-0.1, -0.05) is 35.9 Å². The van der Waals surface area contributed by atoms with E-state index in [1.807, 2.05) is 40.3 Å². The Hall–Kier alpha value is -1.85. The van der Waals surface area contributed by atoms with Gasteiger partial charge in [-0.05, 0) is 17.5 Å². The molecule has 0 saturated carbocycles. The van der Waals surface area contributed by atoms with Crippen molar-refractivity contribution in [2.75, 3.05) is 13.7 Å². The zero-order valence-electron chi connectivity index (χ0n) is 11.9. The van der Waals surface area contributed by atoms with E-state index >= 15 is 0 Å². The van der Waals surface area contributed by atoms with Crippen molar-refractivity contribution in [2.24, 2.45) is 0 Å².